The van der Waals surface area contributed by atoms with Gasteiger partial charge in [0.25, 0.3) is 0 Å². The highest BCUT2D eigenvalue weighted by atomic mass is 31.2. The molecule has 1 aliphatic heterocycles. The summed E-state index contributed by atoms with van der Waals surface area (Å²) in [5, 5.41) is 19.2. The minimum Gasteiger partial charge on any atom is -0.391 e. The zero-order chi connectivity index (χ0) is 15.9. The van der Waals surface area contributed by atoms with Crippen LogP contribution < -0.4 is 5.50 Å². The molecule has 1 fully saturated rings. The quantitative estimate of drug-likeness (QED) is 0.487. The van der Waals surface area contributed by atoms with E-state index in [1.165, 1.54) is 4.90 Å². The summed E-state index contributed by atoms with van der Waals surface area (Å²) in [5.74, 6) is -0.134. The van der Waals surface area contributed by atoms with Gasteiger partial charge >= 0.3 is 0 Å². The molecular weight excluding hydrogens is 295 g/mol. The lowest BCUT2D eigenvalue weighted by Gasteiger charge is -2.31. The average Bonchev–Trinajstić information content (AvgIpc) is 2.82. The molecule has 21 heavy (non-hydrogen) atoms. The van der Waals surface area contributed by atoms with Gasteiger partial charge < -0.3 is 24.9 Å². The summed E-state index contributed by atoms with van der Waals surface area (Å²) in [4.78, 5) is 28.3. The highest BCUT2D eigenvalue weighted by Gasteiger charge is 2.41. The molecule has 0 aromatic heterocycles. The molecule has 118 valence electrons. The molecule has 1 unspecified atom stereocenters. The monoisotopic (exact) mass is 316 g/mol. The van der Waals surface area contributed by atoms with Gasteiger partial charge in [0.15, 0.2) is 5.72 Å². The van der Waals surface area contributed by atoms with E-state index in [0.29, 0.717) is 13.0 Å². The van der Waals surface area contributed by atoms with Gasteiger partial charge in [-0.1, -0.05) is 30.3 Å². The van der Waals surface area contributed by atoms with Gasteiger partial charge in [0, 0.05) is 6.54 Å². The Labute approximate surface area is 124 Å². The fourth-order valence-corrected chi connectivity index (χ4v) is 2.25. The Bertz CT molecular complexity index is 443. The van der Waals surface area contributed by atoms with Gasteiger partial charge in [0.05, 0.1) is 13.0 Å². The van der Waals surface area contributed by atoms with E-state index in [2.05, 4.69) is 5.50 Å². The molecule has 1 aromatic rings. The van der Waals surface area contributed by atoms with Crippen molar-refractivity contribution < 1.29 is 24.8 Å². The first kappa shape index (κ1) is 18.0. The molecule has 1 amide bonds. The number of nitrogens with two attached hydrogens (primary N) is 1. The van der Waals surface area contributed by atoms with Gasteiger partial charge in [-0.3, -0.25) is 10.3 Å². The van der Waals surface area contributed by atoms with E-state index in [9.17, 15) is 9.90 Å². The van der Waals surface area contributed by atoms with Gasteiger partial charge in [-0.25, -0.2) is 0 Å². The number of likely N-dealkylation sites (tertiary alicyclic amines) is 1. The van der Waals surface area contributed by atoms with Gasteiger partial charge in [-0.15, -0.1) is 0 Å². The van der Waals surface area contributed by atoms with Crippen LogP contribution in [0.3, 0.4) is 0 Å². The van der Waals surface area contributed by atoms with Crippen LogP contribution in [0, 0.1) is 0 Å². The van der Waals surface area contributed by atoms with E-state index >= 15 is 0 Å². The lowest BCUT2D eigenvalue weighted by atomic mass is 10.1. The first-order chi connectivity index (χ1) is 9.89. The Morgan fingerprint density at radius 2 is 1.90 bits per heavy atom. The number of carbonyl (C=O) groups is 1. The molecule has 0 radical (unpaired) electrons. The number of hydrogen-bond donors (Lipinski definition) is 5. The Balaban J connectivity index is 0.000000491. The normalized spacial score (nSPS) is 21.1. The van der Waals surface area contributed by atoms with Crippen LogP contribution in [0.15, 0.2) is 30.3 Å². The Kier molecular flexibility index (Phi) is 7.17. The maximum atomic E-state index is 12.0. The molecular formula is C13H21N2O5P. The second-order valence-electron chi connectivity index (χ2n) is 4.77. The molecule has 6 N–H and O–H groups in total. The zero-order valence-corrected chi connectivity index (χ0v) is 12.5. The van der Waals surface area contributed by atoms with Gasteiger partial charge in [-0.2, -0.15) is 0 Å². The number of benzene rings is 1. The van der Waals surface area contributed by atoms with Crippen LogP contribution in [0.5, 0.6) is 0 Å². The van der Waals surface area contributed by atoms with E-state index in [1.54, 1.807) is 0 Å². The number of aliphatic hydroxyl groups is 2. The first-order valence-corrected chi connectivity index (χ1v) is 7.81. The average molecular weight is 316 g/mol. The number of carbonyl (C=O) groups excluding carboxylic acids is 1. The predicted molar refractivity (Wildman–Crippen MR) is 78.7 cm³/mol. The lowest BCUT2D eigenvalue weighted by molar-refractivity contribution is -0.158. The Morgan fingerprint density at radius 1 is 1.33 bits per heavy atom. The smallest absolute Gasteiger partial charge is 0.247 e. The Hall–Kier alpha value is -1.08. The third kappa shape index (κ3) is 5.67. The largest absolute Gasteiger partial charge is 0.391 e. The van der Waals surface area contributed by atoms with Crippen molar-refractivity contribution >= 4 is 14.4 Å². The summed E-state index contributed by atoms with van der Waals surface area (Å²) in [7, 11) is -2.12. The number of rotatable bonds is 3. The highest BCUT2D eigenvalue weighted by Crippen LogP contribution is 2.26. The van der Waals surface area contributed by atoms with E-state index in [1.807, 2.05) is 30.3 Å². The van der Waals surface area contributed by atoms with E-state index < -0.39 is 20.9 Å². The van der Waals surface area contributed by atoms with Crippen molar-refractivity contribution in [3.8, 4) is 0 Å². The van der Waals surface area contributed by atoms with Gasteiger partial charge in [0.2, 0.25) is 14.4 Å². The van der Waals surface area contributed by atoms with Crippen molar-refractivity contribution in [2.45, 2.75) is 25.0 Å². The maximum absolute atomic E-state index is 12.0. The molecule has 1 atom stereocenters. The van der Waals surface area contributed by atoms with Crippen molar-refractivity contribution in [1.82, 2.24) is 4.90 Å². The molecule has 1 aliphatic rings. The fourth-order valence-electron chi connectivity index (χ4n) is 2.25. The molecule has 0 saturated carbocycles. The standard InChI is InChI=1S/C13H17NO3.H4NO2P/c15-10-13(17)7-4-8-14(13)12(16)9-11-5-2-1-3-6-11;1-4(2)3/h1-3,5-6,15,17H,4,7-10H2;2-3H,1H2. The number of amides is 1. The topological polar surface area (TPSA) is 127 Å². The van der Waals surface area contributed by atoms with Crippen molar-refractivity contribution in [3.63, 3.8) is 0 Å². The molecule has 0 aliphatic carbocycles. The third-order valence-electron chi connectivity index (χ3n) is 3.21. The van der Waals surface area contributed by atoms with Gasteiger partial charge in [-0.05, 0) is 18.4 Å². The van der Waals surface area contributed by atoms with Crippen LogP contribution in [-0.2, 0) is 11.2 Å². The van der Waals surface area contributed by atoms with Crippen LogP contribution in [0.1, 0.15) is 18.4 Å². The van der Waals surface area contributed by atoms with Crippen molar-refractivity contribution in [2.75, 3.05) is 13.2 Å². The van der Waals surface area contributed by atoms with E-state index in [4.69, 9.17) is 14.9 Å². The van der Waals surface area contributed by atoms with Crippen LogP contribution in [-0.4, -0.2) is 49.7 Å². The summed E-state index contributed by atoms with van der Waals surface area (Å²) in [6.45, 7) is 0.121. The predicted octanol–water partition coefficient (Wildman–Crippen LogP) is -0.311. The van der Waals surface area contributed by atoms with Crippen molar-refractivity contribution in [3.05, 3.63) is 35.9 Å². The van der Waals surface area contributed by atoms with E-state index in [0.717, 1.165) is 12.0 Å². The van der Waals surface area contributed by atoms with Crippen molar-refractivity contribution in [1.29, 1.82) is 0 Å². The summed E-state index contributed by atoms with van der Waals surface area (Å²) >= 11 is 0. The van der Waals surface area contributed by atoms with Gasteiger partial charge in [0.1, 0.15) is 0 Å². The molecule has 1 saturated heterocycles. The third-order valence-corrected chi connectivity index (χ3v) is 3.21. The fraction of sp³-hybridized carbons (Fsp3) is 0.462. The second kappa shape index (κ2) is 8.38. The highest BCUT2D eigenvalue weighted by molar-refractivity contribution is 7.42. The van der Waals surface area contributed by atoms with E-state index in [-0.39, 0.29) is 12.3 Å². The van der Waals surface area contributed by atoms with Crippen LogP contribution in [0.2, 0.25) is 0 Å². The number of nitrogens with zero attached hydrogens (tertiary/aromatic N) is 1. The lowest BCUT2D eigenvalue weighted by Crippen LogP contribution is -2.50. The molecule has 8 heteroatoms. The van der Waals surface area contributed by atoms with Crippen molar-refractivity contribution in [2.24, 2.45) is 5.50 Å². The molecule has 7 nitrogen and oxygen atoms in total. The molecule has 2 rings (SSSR count). The Morgan fingerprint density at radius 3 is 2.43 bits per heavy atom. The summed E-state index contributed by atoms with van der Waals surface area (Å²) in [6, 6.07) is 9.42. The minimum atomic E-state index is -2.12. The van der Waals surface area contributed by atoms with Crippen LogP contribution in [0.25, 0.3) is 0 Å². The molecule has 1 heterocycles. The maximum Gasteiger partial charge on any atom is 0.247 e. The zero-order valence-electron chi connectivity index (χ0n) is 11.6. The molecule has 0 bridgehead atoms. The first-order valence-electron chi connectivity index (χ1n) is 6.49. The summed E-state index contributed by atoms with van der Waals surface area (Å²) < 4.78 is 0. The summed E-state index contributed by atoms with van der Waals surface area (Å²) in [5.41, 5.74) is 3.85. The SMILES string of the molecule is NP(O)O.O=C(Cc1ccccc1)N1CCCC1(O)CO. The summed E-state index contributed by atoms with van der Waals surface area (Å²) in [6.07, 6.45) is 1.45. The molecule has 1 aromatic carbocycles. The second-order valence-corrected chi connectivity index (χ2v) is 5.41. The molecule has 0 spiro atoms. The minimum absolute atomic E-state index is 0.134. The number of aliphatic hydroxyl groups excluding tert-OH is 1. The van der Waals surface area contributed by atoms with Crippen LogP contribution >= 0.6 is 8.53 Å². The number of hydrogen-bond acceptors (Lipinski definition) is 6. The van der Waals surface area contributed by atoms with Crippen LogP contribution in [0.4, 0.5) is 0 Å².